The first-order valence-electron chi connectivity index (χ1n) is 5.91. The third-order valence-corrected chi connectivity index (χ3v) is 2.96. The number of hydrogen-bond acceptors (Lipinski definition) is 3. The lowest BCUT2D eigenvalue weighted by atomic mass is 10.1. The van der Waals surface area contributed by atoms with E-state index >= 15 is 0 Å². The smallest absolute Gasteiger partial charge is 0.250 e. The highest BCUT2D eigenvalue weighted by molar-refractivity contribution is 5.92. The van der Waals surface area contributed by atoms with Crippen LogP contribution in [0.4, 0.5) is 0 Å². The van der Waals surface area contributed by atoms with Crippen LogP contribution in [0.5, 0.6) is 0 Å². The number of hydrogen-bond donors (Lipinski definition) is 1. The Balaban J connectivity index is 2.04. The van der Waals surface area contributed by atoms with Crippen LogP contribution < -0.4 is 5.73 Å². The van der Waals surface area contributed by atoms with Gasteiger partial charge in [-0.3, -0.25) is 9.20 Å². The molecule has 0 saturated heterocycles. The number of benzene rings is 1. The Kier molecular flexibility index (Phi) is 2.72. The zero-order chi connectivity index (χ0) is 13.2. The van der Waals surface area contributed by atoms with Gasteiger partial charge in [0.2, 0.25) is 5.91 Å². The number of nitrogens with two attached hydrogens (primary N) is 1. The molecule has 0 aliphatic heterocycles. The van der Waals surface area contributed by atoms with Gasteiger partial charge in [0, 0.05) is 12.6 Å². The van der Waals surface area contributed by atoms with Crippen molar-refractivity contribution in [2.24, 2.45) is 5.73 Å². The maximum absolute atomic E-state index is 11.2. The molecule has 2 N–H and O–H groups in total. The summed E-state index contributed by atoms with van der Waals surface area (Å²) in [5.74, 6) is 0.325. The predicted octanol–water partition coefficient (Wildman–Crippen LogP) is 1.42. The largest absolute Gasteiger partial charge is 0.366 e. The molecule has 0 unspecified atom stereocenters. The molecular weight excluding hydrogens is 240 g/mol. The molecule has 2 heterocycles. The van der Waals surface area contributed by atoms with E-state index in [2.05, 4.69) is 10.2 Å². The lowest BCUT2D eigenvalue weighted by Crippen LogP contribution is -2.12. The van der Waals surface area contributed by atoms with E-state index in [4.69, 9.17) is 5.73 Å². The normalized spacial score (nSPS) is 10.7. The predicted molar refractivity (Wildman–Crippen MR) is 70.8 cm³/mol. The van der Waals surface area contributed by atoms with Crippen molar-refractivity contribution in [1.82, 2.24) is 14.6 Å². The Bertz CT molecular complexity index is 734. The van der Waals surface area contributed by atoms with Crippen LogP contribution in [0.1, 0.15) is 21.7 Å². The van der Waals surface area contributed by atoms with Crippen molar-refractivity contribution in [2.75, 3.05) is 0 Å². The molecule has 1 amide bonds. The Morgan fingerprint density at radius 1 is 1.11 bits per heavy atom. The van der Waals surface area contributed by atoms with Crippen LogP contribution in [0.3, 0.4) is 0 Å². The van der Waals surface area contributed by atoms with Crippen molar-refractivity contribution >= 4 is 11.6 Å². The highest BCUT2D eigenvalue weighted by Gasteiger charge is 2.08. The minimum Gasteiger partial charge on any atom is -0.366 e. The monoisotopic (exact) mass is 252 g/mol. The zero-order valence-corrected chi connectivity index (χ0v) is 10.2. The molecule has 94 valence electrons. The van der Waals surface area contributed by atoms with Crippen molar-refractivity contribution < 1.29 is 4.79 Å². The van der Waals surface area contributed by atoms with E-state index in [-0.39, 0.29) is 0 Å². The third kappa shape index (κ3) is 2.18. The fraction of sp³-hybridized carbons (Fsp3) is 0.0714. The van der Waals surface area contributed by atoms with Gasteiger partial charge in [0.05, 0.1) is 5.56 Å². The lowest BCUT2D eigenvalue weighted by molar-refractivity contribution is 0.1000. The summed E-state index contributed by atoms with van der Waals surface area (Å²) >= 11 is 0. The van der Waals surface area contributed by atoms with Gasteiger partial charge in [0.25, 0.3) is 0 Å². The molecule has 0 saturated carbocycles. The van der Waals surface area contributed by atoms with Crippen LogP contribution in [0.2, 0.25) is 0 Å². The summed E-state index contributed by atoms with van der Waals surface area (Å²) in [6.07, 6.45) is 2.33. The second-order valence-corrected chi connectivity index (χ2v) is 4.29. The van der Waals surface area contributed by atoms with Crippen molar-refractivity contribution in [2.45, 2.75) is 6.42 Å². The Morgan fingerprint density at radius 2 is 1.89 bits per heavy atom. The second-order valence-electron chi connectivity index (χ2n) is 4.29. The van der Waals surface area contributed by atoms with Gasteiger partial charge >= 0.3 is 0 Å². The zero-order valence-electron chi connectivity index (χ0n) is 10.2. The van der Waals surface area contributed by atoms with E-state index in [0.717, 1.165) is 11.4 Å². The summed E-state index contributed by atoms with van der Waals surface area (Å²) in [7, 11) is 0. The van der Waals surface area contributed by atoms with Gasteiger partial charge in [-0.15, -0.1) is 10.2 Å². The summed E-state index contributed by atoms with van der Waals surface area (Å²) in [6, 6.07) is 13.4. The van der Waals surface area contributed by atoms with Crippen molar-refractivity contribution in [3.63, 3.8) is 0 Å². The van der Waals surface area contributed by atoms with Crippen molar-refractivity contribution in [3.05, 3.63) is 65.6 Å². The topological polar surface area (TPSA) is 73.3 Å². The van der Waals surface area contributed by atoms with Crippen LogP contribution in [-0.4, -0.2) is 20.5 Å². The SMILES string of the molecule is NC(=O)c1ccc2nnc(Cc3ccccc3)n2c1. The van der Waals surface area contributed by atoms with E-state index in [1.165, 1.54) is 0 Å². The molecule has 0 atom stereocenters. The van der Waals surface area contributed by atoms with Crippen molar-refractivity contribution in [1.29, 1.82) is 0 Å². The summed E-state index contributed by atoms with van der Waals surface area (Å²) in [6.45, 7) is 0. The molecule has 0 aliphatic rings. The van der Waals surface area contributed by atoms with E-state index < -0.39 is 5.91 Å². The van der Waals surface area contributed by atoms with Gasteiger partial charge in [-0.1, -0.05) is 30.3 Å². The first kappa shape index (κ1) is 11.4. The Hall–Kier alpha value is -2.69. The van der Waals surface area contributed by atoms with Crippen LogP contribution in [0.15, 0.2) is 48.7 Å². The van der Waals surface area contributed by atoms with Crippen LogP contribution in [-0.2, 0) is 6.42 Å². The molecule has 5 nitrogen and oxygen atoms in total. The highest BCUT2D eigenvalue weighted by Crippen LogP contribution is 2.11. The van der Waals surface area contributed by atoms with E-state index in [1.54, 1.807) is 22.7 Å². The first-order valence-corrected chi connectivity index (χ1v) is 5.91. The molecule has 0 spiro atoms. The van der Waals surface area contributed by atoms with Crippen LogP contribution in [0, 0.1) is 0 Å². The number of amides is 1. The second kappa shape index (κ2) is 4.53. The average Bonchev–Trinajstić information content (AvgIpc) is 2.82. The Labute approximate surface area is 109 Å². The molecule has 5 heteroatoms. The molecule has 0 bridgehead atoms. The molecule has 19 heavy (non-hydrogen) atoms. The molecule has 1 aromatic carbocycles. The van der Waals surface area contributed by atoms with Gasteiger partial charge in [-0.05, 0) is 17.7 Å². The summed E-state index contributed by atoms with van der Waals surface area (Å²) in [5.41, 5.74) is 7.57. The summed E-state index contributed by atoms with van der Waals surface area (Å²) in [5, 5.41) is 8.23. The molecule has 0 fully saturated rings. The van der Waals surface area contributed by atoms with Gasteiger partial charge in [-0.25, -0.2) is 0 Å². The fourth-order valence-electron chi connectivity index (χ4n) is 1.98. The molecular formula is C14H12N4O. The van der Waals surface area contributed by atoms with Crippen LogP contribution in [0.25, 0.3) is 5.65 Å². The maximum Gasteiger partial charge on any atom is 0.250 e. The van der Waals surface area contributed by atoms with Crippen LogP contribution >= 0.6 is 0 Å². The average molecular weight is 252 g/mol. The molecule has 0 radical (unpaired) electrons. The molecule has 3 aromatic rings. The highest BCUT2D eigenvalue weighted by atomic mass is 16.1. The minimum absolute atomic E-state index is 0.446. The summed E-state index contributed by atoms with van der Waals surface area (Å²) in [4.78, 5) is 11.2. The number of carbonyl (C=O) groups excluding carboxylic acids is 1. The van der Waals surface area contributed by atoms with Gasteiger partial charge in [-0.2, -0.15) is 0 Å². The quantitative estimate of drug-likeness (QED) is 0.766. The number of fused-ring (bicyclic) bond motifs is 1. The molecule has 0 aliphatic carbocycles. The third-order valence-electron chi connectivity index (χ3n) is 2.96. The van der Waals surface area contributed by atoms with Gasteiger partial charge < -0.3 is 5.73 Å². The van der Waals surface area contributed by atoms with E-state index in [1.807, 2.05) is 30.3 Å². The van der Waals surface area contributed by atoms with Gasteiger partial charge in [0.15, 0.2) is 5.65 Å². The summed E-state index contributed by atoms with van der Waals surface area (Å²) < 4.78 is 1.80. The lowest BCUT2D eigenvalue weighted by Gasteiger charge is -2.02. The van der Waals surface area contributed by atoms with Gasteiger partial charge in [0.1, 0.15) is 5.82 Å². The Morgan fingerprint density at radius 3 is 2.63 bits per heavy atom. The van der Waals surface area contributed by atoms with E-state index in [0.29, 0.717) is 17.6 Å². The number of rotatable bonds is 3. The number of pyridine rings is 1. The number of carbonyl (C=O) groups is 1. The van der Waals surface area contributed by atoms with Crippen molar-refractivity contribution in [3.8, 4) is 0 Å². The maximum atomic E-state index is 11.2. The number of primary amides is 1. The number of nitrogens with zero attached hydrogens (tertiary/aromatic N) is 3. The number of aromatic nitrogens is 3. The first-order chi connectivity index (χ1) is 9.24. The standard InChI is InChI=1S/C14H12N4O/c15-14(19)11-6-7-12-16-17-13(18(12)9-11)8-10-4-2-1-3-5-10/h1-7,9H,8H2,(H2,15,19). The fourth-order valence-corrected chi connectivity index (χ4v) is 1.98. The minimum atomic E-state index is -0.457. The molecule has 2 aromatic heterocycles. The molecule has 3 rings (SSSR count). The van der Waals surface area contributed by atoms with E-state index in [9.17, 15) is 4.79 Å².